The molecule has 1 amide bonds. The van der Waals surface area contributed by atoms with E-state index in [1.807, 2.05) is 0 Å². The minimum Gasteiger partial charge on any atom is -0.350 e. The van der Waals surface area contributed by atoms with E-state index in [9.17, 15) is 17.6 Å². The quantitative estimate of drug-likeness (QED) is 0.682. The van der Waals surface area contributed by atoms with Gasteiger partial charge >= 0.3 is 0 Å². The summed E-state index contributed by atoms with van der Waals surface area (Å²) in [7, 11) is -3.62. The second-order valence-corrected chi connectivity index (χ2v) is 10.6. The van der Waals surface area contributed by atoms with Crippen molar-refractivity contribution in [1.82, 2.24) is 10.2 Å². The Bertz CT molecular complexity index is 1000. The standard InChI is InChI=1S/C22H26ClFN2O3S/c1-15(2)30(28,29)20-11-4-3-8-16(20)22(27)25-14-19(26-12-5-6-13-26)21-17(23)9-7-10-18(21)24/h3-4,7-11,15,19H,5-6,12-14H2,1-2H3,(H,25,27). The number of carbonyl (C=O) groups excluding carboxylic acids is 1. The first-order chi connectivity index (χ1) is 14.2. The number of hydrogen-bond donors (Lipinski definition) is 1. The molecule has 2 aromatic carbocycles. The SMILES string of the molecule is CC(C)S(=O)(=O)c1ccccc1C(=O)NCC(c1c(F)cccc1Cl)N1CCCC1. The number of nitrogens with one attached hydrogen (secondary N) is 1. The number of hydrogen-bond acceptors (Lipinski definition) is 4. The van der Waals surface area contributed by atoms with Crippen LogP contribution < -0.4 is 5.32 Å². The molecule has 5 nitrogen and oxygen atoms in total. The normalized spacial score (nSPS) is 16.0. The van der Waals surface area contributed by atoms with E-state index in [1.54, 1.807) is 38.1 Å². The molecule has 30 heavy (non-hydrogen) atoms. The van der Waals surface area contributed by atoms with Crippen LogP contribution in [0.3, 0.4) is 0 Å². The van der Waals surface area contributed by atoms with Crippen molar-refractivity contribution < 1.29 is 17.6 Å². The van der Waals surface area contributed by atoms with Crippen molar-refractivity contribution in [3.63, 3.8) is 0 Å². The van der Waals surface area contributed by atoms with Crippen LogP contribution >= 0.6 is 11.6 Å². The fourth-order valence-electron chi connectivity index (χ4n) is 3.74. The molecule has 0 saturated carbocycles. The van der Waals surface area contributed by atoms with E-state index in [0.29, 0.717) is 10.6 Å². The van der Waals surface area contributed by atoms with E-state index in [-0.39, 0.29) is 17.0 Å². The van der Waals surface area contributed by atoms with Crippen molar-refractivity contribution in [3.8, 4) is 0 Å². The maximum absolute atomic E-state index is 14.6. The number of nitrogens with zero attached hydrogens (tertiary/aromatic N) is 1. The van der Waals surface area contributed by atoms with Crippen molar-refractivity contribution >= 4 is 27.3 Å². The number of benzene rings is 2. The third-order valence-electron chi connectivity index (χ3n) is 5.43. The Labute approximate surface area is 182 Å². The molecule has 0 aliphatic carbocycles. The molecule has 1 N–H and O–H groups in total. The summed E-state index contributed by atoms with van der Waals surface area (Å²) in [5, 5.41) is 2.47. The molecule has 0 aromatic heterocycles. The van der Waals surface area contributed by atoms with Gasteiger partial charge in [-0.1, -0.05) is 29.8 Å². The zero-order valence-electron chi connectivity index (χ0n) is 17.1. The molecule has 1 heterocycles. The van der Waals surface area contributed by atoms with Crippen LogP contribution in [0, 0.1) is 5.82 Å². The summed E-state index contributed by atoms with van der Waals surface area (Å²) in [5.41, 5.74) is 0.440. The van der Waals surface area contributed by atoms with E-state index >= 15 is 0 Å². The lowest BCUT2D eigenvalue weighted by atomic mass is 10.0. The highest BCUT2D eigenvalue weighted by Crippen LogP contribution is 2.32. The van der Waals surface area contributed by atoms with Gasteiger partial charge in [0.1, 0.15) is 5.82 Å². The van der Waals surface area contributed by atoms with Crippen molar-refractivity contribution in [2.45, 2.75) is 42.9 Å². The van der Waals surface area contributed by atoms with Crippen LogP contribution in [0.15, 0.2) is 47.4 Å². The van der Waals surface area contributed by atoms with E-state index in [2.05, 4.69) is 10.2 Å². The van der Waals surface area contributed by atoms with Crippen LogP contribution in [-0.4, -0.2) is 44.1 Å². The fraction of sp³-hybridized carbons (Fsp3) is 0.409. The Morgan fingerprint density at radius 2 is 1.80 bits per heavy atom. The molecule has 3 rings (SSSR count). The first-order valence-electron chi connectivity index (χ1n) is 10.0. The van der Waals surface area contributed by atoms with Crippen molar-refractivity contribution in [2.24, 2.45) is 0 Å². The van der Waals surface area contributed by atoms with Gasteiger partial charge in [0.2, 0.25) is 0 Å². The zero-order chi connectivity index (χ0) is 21.9. The molecule has 0 bridgehead atoms. The van der Waals surface area contributed by atoms with Gasteiger partial charge in [-0.2, -0.15) is 0 Å². The van der Waals surface area contributed by atoms with Gasteiger partial charge in [-0.25, -0.2) is 12.8 Å². The number of sulfone groups is 1. The molecule has 0 radical (unpaired) electrons. The summed E-state index contributed by atoms with van der Waals surface area (Å²) in [6, 6.07) is 10.3. The Kier molecular flexibility index (Phi) is 7.16. The molecule has 1 aliphatic heterocycles. The van der Waals surface area contributed by atoms with Crippen LogP contribution in [0.1, 0.15) is 48.7 Å². The zero-order valence-corrected chi connectivity index (χ0v) is 18.6. The molecular formula is C22H26ClFN2O3S. The molecular weight excluding hydrogens is 427 g/mol. The highest BCUT2D eigenvalue weighted by atomic mass is 35.5. The Morgan fingerprint density at radius 3 is 2.43 bits per heavy atom. The number of rotatable bonds is 7. The predicted octanol–water partition coefficient (Wildman–Crippen LogP) is 4.23. The summed E-state index contributed by atoms with van der Waals surface area (Å²) in [5.74, 6) is -0.928. The van der Waals surface area contributed by atoms with Gasteiger partial charge in [-0.05, 0) is 64.0 Å². The molecule has 0 spiro atoms. The van der Waals surface area contributed by atoms with Crippen LogP contribution in [0.5, 0.6) is 0 Å². The molecule has 8 heteroatoms. The molecule has 1 unspecified atom stereocenters. The second kappa shape index (κ2) is 9.45. The largest absolute Gasteiger partial charge is 0.350 e. The predicted molar refractivity (Wildman–Crippen MR) is 116 cm³/mol. The smallest absolute Gasteiger partial charge is 0.252 e. The summed E-state index contributed by atoms with van der Waals surface area (Å²) < 4.78 is 39.9. The van der Waals surface area contributed by atoms with Crippen molar-refractivity contribution in [1.29, 1.82) is 0 Å². The number of amides is 1. The average molecular weight is 453 g/mol. The average Bonchev–Trinajstić information content (AvgIpc) is 3.24. The fourth-order valence-corrected chi connectivity index (χ4v) is 5.27. The first kappa shape index (κ1) is 22.7. The van der Waals surface area contributed by atoms with Crippen LogP contribution in [0.25, 0.3) is 0 Å². The maximum Gasteiger partial charge on any atom is 0.252 e. The highest BCUT2D eigenvalue weighted by Gasteiger charge is 2.29. The third-order valence-corrected chi connectivity index (χ3v) is 7.97. The minimum absolute atomic E-state index is 0.000790. The van der Waals surface area contributed by atoms with E-state index < -0.39 is 32.9 Å². The van der Waals surface area contributed by atoms with Crippen molar-refractivity contribution in [3.05, 3.63) is 64.4 Å². The minimum atomic E-state index is -3.62. The molecule has 1 fully saturated rings. The van der Waals surface area contributed by atoms with Gasteiger partial charge in [0.05, 0.1) is 21.8 Å². The third kappa shape index (κ3) is 4.68. The Hall–Kier alpha value is -1.96. The van der Waals surface area contributed by atoms with Gasteiger partial charge in [0.15, 0.2) is 9.84 Å². The molecule has 1 saturated heterocycles. The van der Waals surface area contributed by atoms with Crippen LogP contribution in [0.4, 0.5) is 4.39 Å². The Balaban J connectivity index is 1.88. The molecule has 162 valence electrons. The number of halogens is 2. The van der Waals surface area contributed by atoms with Gasteiger partial charge in [-0.15, -0.1) is 0 Å². The lowest BCUT2D eigenvalue weighted by molar-refractivity contribution is 0.0934. The topological polar surface area (TPSA) is 66.5 Å². The van der Waals surface area contributed by atoms with Gasteiger partial charge in [0, 0.05) is 17.1 Å². The lowest BCUT2D eigenvalue weighted by Gasteiger charge is -2.29. The second-order valence-electron chi connectivity index (χ2n) is 7.69. The summed E-state index contributed by atoms with van der Waals surface area (Å²) in [6.45, 7) is 4.84. The van der Waals surface area contributed by atoms with E-state index in [4.69, 9.17) is 11.6 Å². The lowest BCUT2D eigenvalue weighted by Crippen LogP contribution is -2.38. The summed E-state index contributed by atoms with van der Waals surface area (Å²) in [4.78, 5) is 15.0. The number of likely N-dealkylation sites (tertiary alicyclic amines) is 1. The molecule has 1 atom stereocenters. The highest BCUT2D eigenvalue weighted by molar-refractivity contribution is 7.92. The Morgan fingerprint density at radius 1 is 1.13 bits per heavy atom. The first-order valence-corrected chi connectivity index (χ1v) is 11.9. The maximum atomic E-state index is 14.6. The summed E-state index contributed by atoms with van der Waals surface area (Å²) >= 11 is 6.30. The van der Waals surface area contributed by atoms with Gasteiger partial charge < -0.3 is 5.32 Å². The monoisotopic (exact) mass is 452 g/mol. The van der Waals surface area contributed by atoms with Crippen LogP contribution in [0.2, 0.25) is 5.02 Å². The molecule has 1 aliphatic rings. The van der Waals surface area contributed by atoms with Crippen LogP contribution in [-0.2, 0) is 9.84 Å². The number of carbonyl (C=O) groups is 1. The van der Waals surface area contributed by atoms with Crippen molar-refractivity contribution in [2.75, 3.05) is 19.6 Å². The molecule has 2 aromatic rings. The van der Waals surface area contributed by atoms with Gasteiger partial charge in [0.25, 0.3) is 5.91 Å². The van der Waals surface area contributed by atoms with Gasteiger partial charge in [-0.3, -0.25) is 9.69 Å². The summed E-state index contributed by atoms with van der Waals surface area (Å²) in [6.07, 6.45) is 1.98. The van der Waals surface area contributed by atoms with E-state index in [1.165, 1.54) is 18.2 Å². The van der Waals surface area contributed by atoms with E-state index in [0.717, 1.165) is 25.9 Å².